The highest BCUT2D eigenvalue weighted by molar-refractivity contribution is 6.33. The van der Waals surface area contributed by atoms with E-state index in [0.717, 1.165) is 19.5 Å². The first-order chi connectivity index (χ1) is 8.49. The van der Waals surface area contributed by atoms with Gasteiger partial charge in [0.25, 0.3) is 0 Å². The molecule has 0 saturated carbocycles. The van der Waals surface area contributed by atoms with Gasteiger partial charge in [0.15, 0.2) is 5.69 Å². The maximum absolute atomic E-state index is 11.0. The molecule has 1 aliphatic rings. The van der Waals surface area contributed by atoms with Gasteiger partial charge in [0.2, 0.25) is 0 Å². The number of pyridine rings is 1. The summed E-state index contributed by atoms with van der Waals surface area (Å²) in [6, 6.07) is 3.40. The number of carbonyl (C=O) groups is 1. The summed E-state index contributed by atoms with van der Waals surface area (Å²) in [5, 5.41) is 9.19. The Kier molecular flexibility index (Phi) is 3.76. The van der Waals surface area contributed by atoms with Gasteiger partial charge in [-0.2, -0.15) is 0 Å². The molecule has 0 bridgehead atoms. The molecule has 1 aromatic heterocycles. The Bertz CT molecular complexity index is 462. The highest BCUT2D eigenvalue weighted by Crippen LogP contribution is 2.28. The molecule has 0 aliphatic carbocycles. The van der Waals surface area contributed by atoms with Crippen molar-refractivity contribution in [2.75, 3.05) is 18.0 Å². The second-order valence-corrected chi connectivity index (χ2v) is 5.45. The highest BCUT2D eigenvalue weighted by atomic mass is 35.5. The third-order valence-corrected chi connectivity index (χ3v) is 3.83. The van der Waals surface area contributed by atoms with Crippen LogP contribution in [0.15, 0.2) is 12.1 Å². The third kappa shape index (κ3) is 2.58. The summed E-state index contributed by atoms with van der Waals surface area (Å²) in [5.74, 6) is 0.915. The molecule has 1 unspecified atom stereocenters. The smallest absolute Gasteiger partial charge is 0.356 e. The lowest BCUT2D eigenvalue weighted by molar-refractivity contribution is 0.0691. The standard InChI is InChI=1S/C13H17ClN2O2/c1-8(2)9-5-6-16(7-9)11-4-3-10(14)12(15-11)13(17)18/h3-4,8-9H,5-7H2,1-2H3,(H,17,18). The maximum atomic E-state index is 11.0. The molecule has 2 heterocycles. The zero-order valence-electron chi connectivity index (χ0n) is 10.6. The number of aromatic nitrogens is 1. The Balaban J connectivity index is 2.20. The van der Waals surface area contributed by atoms with E-state index in [-0.39, 0.29) is 10.7 Å². The molecule has 4 nitrogen and oxygen atoms in total. The van der Waals surface area contributed by atoms with Crippen LogP contribution in [0.4, 0.5) is 5.82 Å². The molecule has 1 N–H and O–H groups in total. The van der Waals surface area contributed by atoms with Gasteiger partial charge < -0.3 is 10.0 Å². The van der Waals surface area contributed by atoms with Crippen molar-refractivity contribution in [2.45, 2.75) is 20.3 Å². The van der Waals surface area contributed by atoms with Crippen LogP contribution in [-0.4, -0.2) is 29.1 Å². The molecule has 0 aromatic carbocycles. The minimum atomic E-state index is -1.08. The number of aromatic carboxylic acids is 1. The Morgan fingerprint density at radius 1 is 1.56 bits per heavy atom. The lowest BCUT2D eigenvalue weighted by Gasteiger charge is -2.19. The van der Waals surface area contributed by atoms with E-state index in [1.807, 2.05) is 0 Å². The van der Waals surface area contributed by atoms with Crippen molar-refractivity contribution in [2.24, 2.45) is 11.8 Å². The molecule has 18 heavy (non-hydrogen) atoms. The summed E-state index contributed by atoms with van der Waals surface area (Å²) in [7, 11) is 0. The maximum Gasteiger partial charge on any atom is 0.356 e. The van der Waals surface area contributed by atoms with Crippen molar-refractivity contribution in [3.05, 3.63) is 22.8 Å². The molecule has 0 spiro atoms. The minimum Gasteiger partial charge on any atom is -0.476 e. The average molecular weight is 269 g/mol. The van der Waals surface area contributed by atoms with Gasteiger partial charge >= 0.3 is 5.97 Å². The first kappa shape index (κ1) is 13.1. The first-order valence-electron chi connectivity index (χ1n) is 6.14. The molecule has 5 heteroatoms. The number of nitrogens with zero attached hydrogens (tertiary/aromatic N) is 2. The summed E-state index contributed by atoms with van der Waals surface area (Å²) in [5.41, 5.74) is -0.0674. The summed E-state index contributed by atoms with van der Waals surface area (Å²) < 4.78 is 0. The molecule has 1 atom stereocenters. The monoisotopic (exact) mass is 268 g/mol. The van der Waals surface area contributed by atoms with Gasteiger partial charge in [0.05, 0.1) is 5.02 Å². The fraction of sp³-hybridized carbons (Fsp3) is 0.538. The second kappa shape index (κ2) is 5.14. The molecule has 0 amide bonds. The molecule has 98 valence electrons. The van der Waals surface area contributed by atoms with E-state index in [9.17, 15) is 4.79 Å². The van der Waals surface area contributed by atoms with E-state index in [2.05, 4.69) is 23.7 Å². The van der Waals surface area contributed by atoms with E-state index in [4.69, 9.17) is 16.7 Å². The molecule has 1 aliphatic heterocycles. The van der Waals surface area contributed by atoms with Crippen LogP contribution < -0.4 is 4.90 Å². The van der Waals surface area contributed by atoms with E-state index in [1.165, 1.54) is 0 Å². The number of hydrogen-bond acceptors (Lipinski definition) is 3. The molecule has 2 rings (SSSR count). The normalized spacial score (nSPS) is 19.6. The Morgan fingerprint density at radius 3 is 2.83 bits per heavy atom. The fourth-order valence-electron chi connectivity index (χ4n) is 2.30. The van der Waals surface area contributed by atoms with Crippen molar-refractivity contribution in [1.82, 2.24) is 4.98 Å². The van der Waals surface area contributed by atoms with Gasteiger partial charge in [-0.3, -0.25) is 0 Å². The number of carboxylic acids is 1. The van der Waals surface area contributed by atoms with Gasteiger partial charge in [-0.05, 0) is 30.4 Å². The van der Waals surface area contributed by atoms with Gasteiger partial charge in [0, 0.05) is 13.1 Å². The van der Waals surface area contributed by atoms with E-state index < -0.39 is 5.97 Å². The quantitative estimate of drug-likeness (QED) is 0.916. The molecule has 0 radical (unpaired) electrons. The average Bonchev–Trinajstić information content (AvgIpc) is 2.78. The van der Waals surface area contributed by atoms with Crippen molar-refractivity contribution in [3.8, 4) is 0 Å². The predicted molar refractivity (Wildman–Crippen MR) is 71.4 cm³/mol. The lowest BCUT2D eigenvalue weighted by Crippen LogP contribution is -2.23. The SMILES string of the molecule is CC(C)C1CCN(c2ccc(Cl)c(C(=O)O)n2)C1. The minimum absolute atomic E-state index is 0.0674. The zero-order valence-corrected chi connectivity index (χ0v) is 11.3. The van der Waals surface area contributed by atoms with E-state index >= 15 is 0 Å². The number of rotatable bonds is 3. The van der Waals surface area contributed by atoms with Gasteiger partial charge in [-0.25, -0.2) is 9.78 Å². The van der Waals surface area contributed by atoms with Crippen LogP contribution in [0.5, 0.6) is 0 Å². The van der Waals surface area contributed by atoms with Crippen molar-refractivity contribution < 1.29 is 9.90 Å². The summed E-state index contributed by atoms with van der Waals surface area (Å²) in [6.07, 6.45) is 1.13. The van der Waals surface area contributed by atoms with E-state index in [1.54, 1.807) is 12.1 Å². The molecule has 1 aromatic rings. The highest BCUT2D eigenvalue weighted by Gasteiger charge is 2.26. The Labute approximate surface area is 112 Å². The first-order valence-corrected chi connectivity index (χ1v) is 6.51. The van der Waals surface area contributed by atoms with Crippen LogP contribution in [0.25, 0.3) is 0 Å². The molecule has 1 fully saturated rings. The van der Waals surface area contributed by atoms with Crippen molar-refractivity contribution >= 4 is 23.4 Å². The van der Waals surface area contributed by atoms with Crippen LogP contribution in [0.1, 0.15) is 30.8 Å². The van der Waals surface area contributed by atoms with Crippen molar-refractivity contribution in [1.29, 1.82) is 0 Å². The van der Waals surface area contributed by atoms with Crippen LogP contribution in [-0.2, 0) is 0 Å². The topological polar surface area (TPSA) is 53.4 Å². The van der Waals surface area contributed by atoms with Gasteiger partial charge in [-0.1, -0.05) is 25.4 Å². The number of anilines is 1. The molecular weight excluding hydrogens is 252 g/mol. The largest absolute Gasteiger partial charge is 0.476 e. The number of carboxylic acid groups (broad SMARTS) is 1. The third-order valence-electron chi connectivity index (χ3n) is 3.53. The fourth-order valence-corrected chi connectivity index (χ4v) is 2.48. The van der Waals surface area contributed by atoms with Gasteiger partial charge in [0.1, 0.15) is 5.82 Å². The zero-order chi connectivity index (χ0) is 13.3. The van der Waals surface area contributed by atoms with Gasteiger partial charge in [-0.15, -0.1) is 0 Å². The number of halogens is 1. The number of hydrogen-bond donors (Lipinski definition) is 1. The van der Waals surface area contributed by atoms with Crippen molar-refractivity contribution in [3.63, 3.8) is 0 Å². The van der Waals surface area contributed by atoms with Crippen LogP contribution >= 0.6 is 11.6 Å². The predicted octanol–water partition coefficient (Wildman–Crippen LogP) is 2.92. The Hall–Kier alpha value is -1.29. The van der Waals surface area contributed by atoms with Crippen LogP contribution in [0, 0.1) is 11.8 Å². The lowest BCUT2D eigenvalue weighted by atomic mass is 9.95. The summed E-state index contributed by atoms with van der Waals surface area (Å²) >= 11 is 5.82. The second-order valence-electron chi connectivity index (χ2n) is 5.04. The van der Waals surface area contributed by atoms with Crippen LogP contribution in [0.2, 0.25) is 5.02 Å². The summed E-state index contributed by atoms with van der Waals surface area (Å²) in [6.45, 7) is 6.29. The summed E-state index contributed by atoms with van der Waals surface area (Å²) in [4.78, 5) is 17.3. The molecular formula is C13H17ClN2O2. The molecule has 1 saturated heterocycles. The Morgan fingerprint density at radius 2 is 2.28 bits per heavy atom. The van der Waals surface area contributed by atoms with Crippen LogP contribution in [0.3, 0.4) is 0 Å². The van der Waals surface area contributed by atoms with E-state index in [0.29, 0.717) is 17.7 Å².